The molecule has 0 bridgehead atoms. The summed E-state index contributed by atoms with van der Waals surface area (Å²) >= 11 is 0. The molecule has 3 heteroatoms. The van der Waals surface area contributed by atoms with E-state index in [1.807, 2.05) is 0 Å². The van der Waals surface area contributed by atoms with Crippen molar-refractivity contribution in [2.45, 2.75) is 32.6 Å². The van der Waals surface area contributed by atoms with Gasteiger partial charge in [-0.15, -0.1) is 0 Å². The normalized spacial score (nSPS) is 10.2. The summed E-state index contributed by atoms with van der Waals surface area (Å²) in [6, 6.07) is 8.61. The molecular weight excluding hydrogens is 212 g/mol. The van der Waals surface area contributed by atoms with Gasteiger partial charge in [0.2, 0.25) is 5.91 Å². The zero-order valence-electron chi connectivity index (χ0n) is 10.5. The molecule has 1 rings (SSSR count). The zero-order valence-corrected chi connectivity index (χ0v) is 10.5. The smallest absolute Gasteiger partial charge is 0.221 e. The molecule has 0 atom stereocenters. The lowest BCUT2D eigenvalue weighted by Gasteiger charge is -2.05. The highest BCUT2D eigenvalue weighted by Crippen LogP contribution is 2.06. The third-order valence-corrected chi connectivity index (χ3v) is 2.67. The highest BCUT2D eigenvalue weighted by molar-refractivity contribution is 5.75. The van der Waals surface area contributed by atoms with Crippen LogP contribution in [0.5, 0.6) is 0 Å². The lowest BCUT2D eigenvalue weighted by molar-refractivity contribution is -0.120. The fraction of sp³-hybridized carbons (Fsp3) is 0.500. The van der Waals surface area contributed by atoms with Crippen LogP contribution < -0.4 is 11.1 Å². The molecule has 1 aromatic carbocycles. The minimum atomic E-state index is 0.0371. The van der Waals surface area contributed by atoms with Gasteiger partial charge in [-0.05, 0) is 24.0 Å². The van der Waals surface area contributed by atoms with Crippen LogP contribution in [0.4, 0.5) is 0 Å². The van der Waals surface area contributed by atoms with E-state index in [0.717, 1.165) is 12.8 Å². The Balaban J connectivity index is 2.29. The summed E-state index contributed by atoms with van der Waals surface area (Å²) in [5.41, 5.74) is 7.94. The quantitative estimate of drug-likeness (QED) is 0.753. The van der Waals surface area contributed by atoms with Crippen molar-refractivity contribution < 1.29 is 4.79 Å². The first-order valence-electron chi connectivity index (χ1n) is 6.31. The van der Waals surface area contributed by atoms with Crippen LogP contribution in [0.3, 0.4) is 0 Å². The first-order chi connectivity index (χ1) is 8.26. The van der Waals surface area contributed by atoms with Crippen molar-refractivity contribution in [3.8, 4) is 0 Å². The molecule has 0 saturated carbocycles. The van der Waals surface area contributed by atoms with Crippen molar-refractivity contribution in [1.29, 1.82) is 0 Å². The second kappa shape index (κ2) is 7.85. The molecule has 0 unspecified atom stereocenters. The van der Waals surface area contributed by atoms with Crippen molar-refractivity contribution in [3.63, 3.8) is 0 Å². The second-order valence-corrected chi connectivity index (χ2v) is 4.21. The van der Waals surface area contributed by atoms with Gasteiger partial charge in [0.25, 0.3) is 0 Å². The number of rotatable bonds is 7. The number of benzene rings is 1. The SMILES string of the molecule is CCCc1ccc(CCNC(=O)CCN)cc1. The molecule has 0 radical (unpaired) electrons. The van der Waals surface area contributed by atoms with Crippen LogP contribution in [-0.2, 0) is 17.6 Å². The average Bonchev–Trinajstić information content (AvgIpc) is 2.32. The molecule has 0 heterocycles. The van der Waals surface area contributed by atoms with Crippen LogP contribution in [-0.4, -0.2) is 19.0 Å². The van der Waals surface area contributed by atoms with E-state index in [-0.39, 0.29) is 5.91 Å². The van der Waals surface area contributed by atoms with E-state index in [1.165, 1.54) is 17.5 Å². The molecular formula is C14H22N2O. The average molecular weight is 234 g/mol. The van der Waals surface area contributed by atoms with E-state index < -0.39 is 0 Å². The van der Waals surface area contributed by atoms with Gasteiger partial charge in [0.1, 0.15) is 0 Å². The fourth-order valence-corrected chi connectivity index (χ4v) is 1.73. The predicted molar refractivity (Wildman–Crippen MR) is 70.8 cm³/mol. The Labute approximate surface area is 103 Å². The first kappa shape index (κ1) is 13.7. The summed E-state index contributed by atoms with van der Waals surface area (Å²) < 4.78 is 0. The molecule has 0 aromatic heterocycles. The minimum Gasteiger partial charge on any atom is -0.356 e. The molecule has 0 fully saturated rings. The van der Waals surface area contributed by atoms with Gasteiger partial charge in [0.05, 0.1) is 0 Å². The molecule has 3 N–H and O–H groups in total. The maximum Gasteiger partial charge on any atom is 0.221 e. The van der Waals surface area contributed by atoms with Crippen LogP contribution in [0, 0.1) is 0 Å². The maximum absolute atomic E-state index is 11.2. The van der Waals surface area contributed by atoms with E-state index in [0.29, 0.717) is 19.5 Å². The molecule has 1 aromatic rings. The Morgan fingerprint density at radius 1 is 1.18 bits per heavy atom. The molecule has 0 aliphatic carbocycles. The van der Waals surface area contributed by atoms with E-state index in [1.54, 1.807) is 0 Å². The summed E-state index contributed by atoms with van der Waals surface area (Å²) in [7, 11) is 0. The predicted octanol–water partition coefficient (Wildman–Crippen LogP) is 1.65. The Morgan fingerprint density at radius 2 is 1.76 bits per heavy atom. The Kier molecular flexibility index (Phi) is 6.33. The van der Waals surface area contributed by atoms with Crippen molar-refractivity contribution in [1.82, 2.24) is 5.32 Å². The molecule has 0 aliphatic heterocycles. The second-order valence-electron chi connectivity index (χ2n) is 4.21. The zero-order chi connectivity index (χ0) is 12.5. The molecule has 1 amide bonds. The highest BCUT2D eigenvalue weighted by Gasteiger charge is 1.99. The topological polar surface area (TPSA) is 55.1 Å². The summed E-state index contributed by atoms with van der Waals surface area (Å²) in [5, 5.41) is 2.85. The standard InChI is InChI=1S/C14H22N2O/c1-2-3-12-4-6-13(7-5-12)9-11-16-14(17)8-10-15/h4-7H,2-3,8-11,15H2,1H3,(H,16,17). The highest BCUT2D eigenvalue weighted by atomic mass is 16.1. The first-order valence-corrected chi connectivity index (χ1v) is 6.31. The van der Waals surface area contributed by atoms with Gasteiger partial charge >= 0.3 is 0 Å². The largest absolute Gasteiger partial charge is 0.356 e. The summed E-state index contributed by atoms with van der Waals surface area (Å²) in [6.07, 6.45) is 3.60. The van der Waals surface area contributed by atoms with Crippen LogP contribution in [0.25, 0.3) is 0 Å². The van der Waals surface area contributed by atoms with Crippen LogP contribution >= 0.6 is 0 Å². The van der Waals surface area contributed by atoms with Gasteiger partial charge in [0.15, 0.2) is 0 Å². The number of nitrogens with two attached hydrogens (primary N) is 1. The van der Waals surface area contributed by atoms with Crippen molar-refractivity contribution in [3.05, 3.63) is 35.4 Å². The molecule has 17 heavy (non-hydrogen) atoms. The molecule has 0 spiro atoms. The number of aryl methyl sites for hydroxylation is 1. The third kappa shape index (κ3) is 5.50. The van der Waals surface area contributed by atoms with Gasteiger partial charge in [-0.1, -0.05) is 37.6 Å². The number of carbonyl (C=O) groups excluding carboxylic acids is 1. The summed E-state index contributed by atoms with van der Waals surface area (Å²) in [4.78, 5) is 11.2. The van der Waals surface area contributed by atoms with E-state index >= 15 is 0 Å². The Bertz CT molecular complexity index is 333. The molecule has 3 nitrogen and oxygen atoms in total. The summed E-state index contributed by atoms with van der Waals surface area (Å²) in [6.45, 7) is 3.28. The van der Waals surface area contributed by atoms with Crippen molar-refractivity contribution in [2.24, 2.45) is 5.73 Å². The third-order valence-electron chi connectivity index (χ3n) is 2.67. The number of nitrogens with one attached hydrogen (secondary N) is 1. The lowest BCUT2D eigenvalue weighted by Crippen LogP contribution is -2.27. The molecule has 94 valence electrons. The maximum atomic E-state index is 11.2. The van der Waals surface area contributed by atoms with Crippen molar-refractivity contribution >= 4 is 5.91 Å². The van der Waals surface area contributed by atoms with Gasteiger partial charge in [-0.25, -0.2) is 0 Å². The van der Waals surface area contributed by atoms with Gasteiger partial charge in [-0.3, -0.25) is 4.79 Å². The van der Waals surface area contributed by atoms with Crippen LogP contribution in [0.2, 0.25) is 0 Å². The number of carbonyl (C=O) groups is 1. The van der Waals surface area contributed by atoms with Gasteiger partial charge < -0.3 is 11.1 Å². The Hall–Kier alpha value is -1.35. The van der Waals surface area contributed by atoms with E-state index in [2.05, 4.69) is 36.5 Å². The van der Waals surface area contributed by atoms with Crippen LogP contribution in [0.1, 0.15) is 30.9 Å². The minimum absolute atomic E-state index is 0.0371. The summed E-state index contributed by atoms with van der Waals surface area (Å²) in [5.74, 6) is 0.0371. The fourth-order valence-electron chi connectivity index (χ4n) is 1.73. The monoisotopic (exact) mass is 234 g/mol. The van der Waals surface area contributed by atoms with Crippen molar-refractivity contribution in [2.75, 3.05) is 13.1 Å². The molecule has 0 aliphatic rings. The van der Waals surface area contributed by atoms with Gasteiger partial charge in [-0.2, -0.15) is 0 Å². The Morgan fingerprint density at radius 3 is 2.29 bits per heavy atom. The van der Waals surface area contributed by atoms with E-state index in [9.17, 15) is 4.79 Å². The lowest BCUT2D eigenvalue weighted by atomic mass is 10.1. The number of amides is 1. The number of hydrogen-bond donors (Lipinski definition) is 2. The van der Waals surface area contributed by atoms with E-state index in [4.69, 9.17) is 5.73 Å². The molecule has 0 saturated heterocycles. The van der Waals surface area contributed by atoms with Gasteiger partial charge in [0, 0.05) is 19.5 Å². The van der Waals surface area contributed by atoms with Crippen LogP contribution in [0.15, 0.2) is 24.3 Å². The number of hydrogen-bond acceptors (Lipinski definition) is 2.